The van der Waals surface area contributed by atoms with E-state index in [0.29, 0.717) is 18.4 Å². The average Bonchev–Trinajstić information content (AvgIpc) is 2.68. The Morgan fingerprint density at radius 2 is 1.71 bits per heavy atom. The van der Waals surface area contributed by atoms with Crippen LogP contribution >= 0.6 is 0 Å². The monoisotopic (exact) mass is 384 g/mol. The van der Waals surface area contributed by atoms with E-state index in [1.807, 2.05) is 0 Å². The van der Waals surface area contributed by atoms with Gasteiger partial charge in [0.2, 0.25) is 5.91 Å². The topological polar surface area (TPSA) is 38.8 Å². The zero-order valence-electron chi connectivity index (χ0n) is 18.0. The van der Waals surface area contributed by atoms with E-state index >= 15 is 0 Å². The zero-order chi connectivity index (χ0) is 20.1. The van der Waals surface area contributed by atoms with E-state index in [1.54, 1.807) is 0 Å². The highest BCUT2D eigenvalue weighted by Gasteiger charge is 2.23. The van der Waals surface area contributed by atoms with Crippen LogP contribution in [0.15, 0.2) is 18.2 Å². The molecule has 1 aromatic rings. The van der Waals surface area contributed by atoms with Crippen molar-refractivity contribution < 1.29 is 4.79 Å². The number of aryl methyl sites for hydroxylation is 2. The van der Waals surface area contributed by atoms with Crippen LogP contribution in [-0.4, -0.2) is 75.6 Å². The van der Waals surface area contributed by atoms with Crippen LogP contribution in [0.1, 0.15) is 29.5 Å². The summed E-state index contributed by atoms with van der Waals surface area (Å²) in [7, 11) is 4.17. The van der Waals surface area contributed by atoms with Gasteiger partial charge >= 0.3 is 0 Å². The van der Waals surface area contributed by atoms with E-state index in [4.69, 9.17) is 0 Å². The highest BCUT2D eigenvalue weighted by molar-refractivity contribution is 5.78. The Labute approximate surface area is 170 Å². The highest BCUT2D eigenvalue weighted by atomic mass is 16.2. The summed E-state index contributed by atoms with van der Waals surface area (Å²) in [6, 6.07) is 4.51. The SMILES string of the molecule is Cc1cc(N(C)C)cc(C)c1C=CC1CCN(C(=O)CN2CCNCC2)CC1. The molecule has 0 saturated carbocycles. The van der Waals surface area contributed by atoms with Crippen molar-refractivity contribution in [3.8, 4) is 0 Å². The van der Waals surface area contributed by atoms with Crippen molar-refractivity contribution in [2.24, 2.45) is 5.92 Å². The number of rotatable bonds is 5. The summed E-state index contributed by atoms with van der Waals surface area (Å²) in [5.74, 6) is 0.867. The quantitative estimate of drug-likeness (QED) is 0.847. The maximum atomic E-state index is 12.6. The molecule has 2 aliphatic rings. The maximum absolute atomic E-state index is 12.6. The second kappa shape index (κ2) is 9.57. The standard InChI is InChI=1S/C23H36N4O/c1-18-15-21(25(3)4)16-19(2)22(18)6-5-20-7-11-27(12-8-20)23(28)17-26-13-9-24-10-14-26/h5-6,15-16,20,24H,7-14,17H2,1-4H3. The molecule has 1 aromatic carbocycles. The van der Waals surface area contributed by atoms with Gasteiger partial charge in [0.25, 0.3) is 0 Å². The smallest absolute Gasteiger partial charge is 0.236 e. The van der Waals surface area contributed by atoms with Crippen LogP contribution in [-0.2, 0) is 4.79 Å². The Morgan fingerprint density at radius 3 is 2.29 bits per heavy atom. The number of nitrogens with zero attached hydrogens (tertiary/aromatic N) is 3. The van der Waals surface area contributed by atoms with E-state index in [-0.39, 0.29) is 0 Å². The Hall–Kier alpha value is -1.85. The number of benzene rings is 1. The van der Waals surface area contributed by atoms with Crippen LogP contribution < -0.4 is 10.2 Å². The summed E-state index contributed by atoms with van der Waals surface area (Å²) >= 11 is 0. The molecule has 2 heterocycles. The van der Waals surface area contributed by atoms with Crippen LogP contribution in [0, 0.1) is 19.8 Å². The third kappa shape index (κ3) is 5.36. The number of carbonyl (C=O) groups is 1. The minimum Gasteiger partial charge on any atom is -0.378 e. The van der Waals surface area contributed by atoms with Crippen LogP contribution in [0.4, 0.5) is 5.69 Å². The molecule has 28 heavy (non-hydrogen) atoms. The van der Waals surface area contributed by atoms with Gasteiger partial charge in [-0.2, -0.15) is 0 Å². The summed E-state index contributed by atoms with van der Waals surface area (Å²) in [4.78, 5) is 19.1. The van der Waals surface area contributed by atoms with Crippen molar-refractivity contribution in [2.75, 3.05) is 64.8 Å². The van der Waals surface area contributed by atoms with E-state index in [9.17, 15) is 4.79 Å². The summed E-state index contributed by atoms with van der Waals surface area (Å²) < 4.78 is 0. The van der Waals surface area contributed by atoms with E-state index in [2.05, 4.69) is 72.2 Å². The summed E-state index contributed by atoms with van der Waals surface area (Å²) in [5.41, 5.74) is 5.23. The lowest BCUT2D eigenvalue weighted by Gasteiger charge is -2.33. The van der Waals surface area contributed by atoms with Crippen molar-refractivity contribution in [1.29, 1.82) is 0 Å². The number of piperazine rings is 1. The molecule has 0 atom stereocenters. The van der Waals surface area contributed by atoms with Crippen LogP contribution in [0.5, 0.6) is 0 Å². The van der Waals surface area contributed by atoms with E-state index < -0.39 is 0 Å². The first-order valence-corrected chi connectivity index (χ1v) is 10.6. The van der Waals surface area contributed by atoms with Crippen molar-refractivity contribution in [2.45, 2.75) is 26.7 Å². The van der Waals surface area contributed by atoms with Crippen molar-refractivity contribution in [1.82, 2.24) is 15.1 Å². The molecule has 0 radical (unpaired) electrons. The summed E-state index contributed by atoms with van der Waals surface area (Å²) in [6.07, 6.45) is 6.80. The number of hydrogen-bond acceptors (Lipinski definition) is 4. The molecule has 154 valence electrons. The van der Waals surface area contributed by atoms with E-state index in [1.165, 1.54) is 22.4 Å². The van der Waals surface area contributed by atoms with Crippen LogP contribution in [0.25, 0.3) is 6.08 Å². The first-order valence-electron chi connectivity index (χ1n) is 10.6. The summed E-state index contributed by atoms with van der Waals surface area (Å²) in [5, 5.41) is 3.34. The zero-order valence-corrected chi connectivity index (χ0v) is 18.0. The molecule has 1 N–H and O–H groups in total. The first-order chi connectivity index (χ1) is 13.4. The minimum absolute atomic E-state index is 0.301. The maximum Gasteiger partial charge on any atom is 0.236 e. The summed E-state index contributed by atoms with van der Waals surface area (Å²) in [6.45, 7) is 10.7. The third-order valence-electron chi connectivity index (χ3n) is 6.09. The molecule has 0 aliphatic carbocycles. The minimum atomic E-state index is 0.301. The fourth-order valence-electron chi connectivity index (χ4n) is 4.21. The van der Waals surface area contributed by atoms with Gasteiger partial charge in [0, 0.05) is 59.1 Å². The van der Waals surface area contributed by atoms with Crippen LogP contribution in [0.2, 0.25) is 0 Å². The number of hydrogen-bond donors (Lipinski definition) is 1. The Bertz CT molecular complexity index is 676. The normalized spacial score (nSPS) is 19.4. The lowest BCUT2D eigenvalue weighted by Crippen LogP contribution is -2.49. The second-order valence-electron chi connectivity index (χ2n) is 8.49. The van der Waals surface area contributed by atoms with Gasteiger partial charge in [0.05, 0.1) is 6.54 Å². The number of carbonyl (C=O) groups excluding carboxylic acids is 1. The van der Waals surface area contributed by atoms with Gasteiger partial charge in [-0.3, -0.25) is 9.69 Å². The fourth-order valence-corrected chi connectivity index (χ4v) is 4.21. The molecule has 3 rings (SSSR count). The number of amides is 1. The number of piperidine rings is 1. The Kier molecular flexibility index (Phi) is 7.13. The van der Waals surface area contributed by atoms with Gasteiger partial charge < -0.3 is 15.1 Å². The molecule has 1 amide bonds. The molecular weight excluding hydrogens is 348 g/mol. The number of likely N-dealkylation sites (tertiary alicyclic amines) is 1. The lowest BCUT2D eigenvalue weighted by molar-refractivity contribution is -0.133. The molecule has 0 bridgehead atoms. The van der Waals surface area contributed by atoms with Gasteiger partial charge in [-0.15, -0.1) is 0 Å². The number of nitrogens with one attached hydrogen (secondary N) is 1. The Balaban J connectivity index is 1.52. The molecule has 5 heteroatoms. The predicted molar refractivity (Wildman–Crippen MR) is 118 cm³/mol. The largest absolute Gasteiger partial charge is 0.378 e. The number of anilines is 1. The molecule has 5 nitrogen and oxygen atoms in total. The van der Waals surface area contributed by atoms with Crippen LogP contribution in [0.3, 0.4) is 0 Å². The molecule has 0 aromatic heterocycles. The fraction of sp³-hybridized carbons (Fsp3) is 0.609. The van der Waals surface area contributed by atoms with Crippen molar-refractivity contribution in [3.63, 3.8) is 0 Å². The first kappa shape index (κ1) is 20.9. The van der Waals surface area contributed by atoms with Crippen molar-refractivity contribution in [3.05, 3.63) is 34.9 Å². The van der Waals surface area contributed by atoms with Gasteiger partial charge in [-0.25, -0.2) is 0 Å². The van der Waals surface area contributed by atoms with E-state index in [0.717, 1.165) is 52.1 Å². The average molecular weight is 385 g/mol. The van der Waals surface area contributed by atoms with Crippen molar-refractivity contribution >= 4 is 17.7 Å². The number of allylic oxidation sites excluding steroid dienone is 1. The molecule has 2 saturated heterocycles. The lowest BCUT2D eigenvalue weighted by atomic mass is 9.93. The van der Waals surface area contributed by atoms with Gasteiger partial charge in [-0.05, 0) is 61.4 Å². The predicted octanol–water partition coefficient (Wildman–Crippen LogP) is 2.53. The third-order valence-corrected chi connectivity index (χ3v) is 6.09. The molecule has 0 unspecified atom stereocenters. The second-order valence-corrected chi connectivity index (χ2v) is 8.49. The molecule has 2 aliphatic heterocycles. The van der Waals surface area contributed by atoms with Gasteiger partial charge in [-0.1, -0.05) is 12.2 Å². The molecule has 2 fully saturated rings. The highest BCUT2D eigenvalue weighted by Crippen LogP contribution is 2.25. The molecule has 0 spiro atoms. The molecular formula is C23H36N4O. The van der Waals surface area contributed by atoms with Gasteiger partial charge in [0.1, 0.15) is 0 Å². The Morgan fingerprint density at radius 1 is 1.11 bits per heavy atom. The van der Waals surface area contributed by atoms with Gasteiger partial charge in [0.15, 0.2) is 0 Å².